The minimum absolute atomic E-state index is 0.400. The molecule has 106 valence electrons. The fourth-order valence-corrected chi connectivity index (χ4v) is 1.75. The second-order valence-electron chi connectivity index (χ2n) is 4.20. The van der Waals surface area contributed by atoms with Gasteiger partial charge < -0.3 is 20.3 Å². The second kappa shape index (κ2) is 6.05. The first kappa shape index (κ1) is 13.9. The number of carbonyl (C=O) groups is 1. The van der Waals surface area contributed by atoms with Crippen molar-refractivity contribution in [1.82, 2.24) is 10.1 Å². The van der Waals surface area contributed by atoms with Gasteiger partial charge in [-0.25, -0.2) is 4.79 Å². The highest BCUT2D eigenvalue weighted by molar-refractivity contribution is 5.96. The number of anilines is 2. The molecule has 0 unspecified atom stereocenters. The highest BCUT2D eigenvalue weighted by Gasteiger charge is 2.12. The van der Waals surface area contributed by atoms with Gasteiger partial charge in [0.05, 0.1) is 12.7 Å². The number of nitrogen functional groups attached to an aromatic ring is 1. The van der Waals surface area contributed by atoms with E-state index in [0.29, 0.717) is 41.6 Å². The molecule has 2 rings (SSSR count). The Morgan fingerprint density at radius 2 is 2.30 bits per heavy atom. The van der Waals surface area contributed by atoms with Crippen LogP contribution in [0.5, 0.6) is 0 Å². The Labute approximate surface area is 116 Å². The molecule has 0 saturated heterocycles. The van der Waals surface area contributed by atoms with E-state index in [1.807, 2.05) is 0 Å². The quantitative estimate of drug-likeness (QED) is 0.628. The maximum Gasteiger partial charge on any atom is 0.340 e. The average Bonchev–Trinajstić information content (AvgIpc) is 2.85. The molecule has 1 aromatic heterocycles. The molecule has 0 aliphatic rings. The summed E-state index contributed by atoms with van der Waals surface area (Å²) in [7, 11) is 1.33. The van der Waals surface area contributed by atoms with Crippen molar-refractivity contribution in [1.29, 1.82) is 0 Å². The van der Waals surface area contributed by atoms with Gasteiger partial charge in [0.25, 0.3) is 0 Å². The first-order chi connectivity index (χ1) is 9.60. The molecule has 0 bridgehead atoms. The molecule has 7 heteroatoms. The lowest BCUT2D eigenvalue weighted by Crippen LogP contribution is -2.11. The largest absolute Gasteiger partial charge is 0.465 e. The third kappa shape index (κ3) is 3.25. The molecule has 0 amide bonds. The average molecular weight is 276 g/mol. The second-order valence-corrected chi connectivity index (χ2v) is 4.20. The van der Waals surface area contributed by atoms with Crippen LogP contribution in [-0.4, -0.2) is 29.8 Å². The molecule has 2 aromatic rings. The van der Waals surface area contributed by atoms with Crippen molar-refractivity contribution in [2.75, 3.05) is 24.7 Å². The topological polar surface area (TPSA) is 103 Å². The molecule has 1 heterocycles. The summed E-state index contributed by atoms with van der Waals surface area (Å²) < 4.78 is 9.61. The van der Waals surface area contributed by atoms with Crippen molar-refractivity contribution in [2.45, 2.75) is 13.3 Å². The number of carbonyl (C=O) groups excluding carboxylic acids is 1. The zero-order valence-corrected chi connectivity index (χ0v) is 11.3. The summed E-state index contributed by atoms with van der Waals surface area (Å²) in [5.41, 5.74) is 7.24. The number of benzene rings is 1. The number of esters is 1. The molecular formula is C13H16N4O3. The highest BCUT2D eigenvalue weighted by atomic mass is 16.5. The van der Waals surface area contributed by atoms with Crippen molar-refractivity contribution in [2.24, 2.45) is 0 Å². The Balaban J connectivity index is 2.03. The van der Waals surface area contributed by atoms with Gasteiger partial charge in [-0.15, -0.1) is 0 Å². The number of rotatable bonds is 5. The minimum atomic E-state index is -0.435. The molecule has 7 nitrogen and oxygen atoms in total. The van der Waals surface area contributed by atoms with E-state index in [9.17, 15) is 4.79 Å². The lowest BCUT2D eigenvalue weighted by molar-refractivity contribution is 0.0602. The van der Waals surface area contributed by atoms with Crippen LogP contribution in [0.1, 0.15) is 22.1 Å². The summed E-state index contributed by atoms with van der Waals surface area (Å²) >= 11 is 0. The summed E-state index contributed by atoms with van der Waals surface area (Å²) in [5.74, 6) is 0.711. The maximum atomic E-state index is 11.7. The normalized spacial score (nSPS) is 10.3. The Kier molecular flexibility index (Phi) is 4.19. The molecule has 3 N–H and O–H groups in total. The van der Waals surface area contributed by atoms with Crippen LogP contribution in [0.3, 0.4) is 0 Å². The van der Waals surface area contributed by atoms with Crippen LogP contribution in [0, 0.1) is 6.92 Å². The van der Waals surface area contributed by atoms with Crippen LogP contribution < -0.4 is 11.1 Å². The van der Waals surface area contributed by atoms with Gasteiger partial charge in [-0.05, 0) is 18.2 Å². The number of hydrogen-bond acceptors (Lipinski definition) is 7. The van der Waals surface area contributed by atoms with Gasteiger partial charge in [-0.1, -0.05) is 5.16 Å². The number of methoxy groups -OCH3 is 1. The van der Waals surface area contributed by atoms with Crippen LogP contribution in [0.25, 0.3) is 0 Å². The van der Waals surface area contributed by atoms with E-state index >= 15 is 0 Å². The summed E-state index contributed by atoms with van der Waals surface area (Å²) in [5, 5.41) is 6.93. The highest BCUT2D eigenvalue weighted by Crippen LogP contribution is 2.19. The summed E-state index contributed by atoms with van der Waals surface area (Å²) in [6.45, 7) is 2.30. The summed E-state index contributed by atoms with van der Waals surface area (Å²) in [6, 6.07) is 5.03. The number of nitrogens with two attached hydrogens (primary N) is 1. The fourth-order valence-electron chi connectivity index (χ4n) is 1.75. The molecule has 0 radical (unpaired) electrons. The Hall–Kier alpha value is -2.57. The standard InChI is InChI=1S/C13H16N4O3/c1-8-16-12(17-20-8)5-6-15-11-4-3-9(14)7-10(11)13(18)19-2/h3-4,7,15H,5-6,14H2,1-2H3. The molecule has 1 aromatic carbocycles. The van der Waals surface area contributed by atoms with Crippen molar-refractivity contribution >= 4 is 17.3 Å². The van der Waals surface area contributed by atoms with Crippen LogP contribution >= 0.6 is 0 Å². The molecule has 20 heavy (non-hydrogen) atoms. The van der Waals surface area contributed by atoms with Gasteiger partial charge in [-0.3, -0.25) is 0 Å². The van der Waals surface area contributed by atoms with Gasteiger partial charge in [0.15, 0.2) is 5.82 Å². The molecular weight excluding hydrogens is 260 g/mol. The lowest BCUT2D eigenvalue weighted by atomic mass is 10.1. The molecule has 0 atom stereocenters. The molecule has 0 saturated carbocycles. The smallest absolute Gasteiger partial charge is 0.340 e. The molecule has 0 aliphatic carbocycles. The number of nitrogens with one attached hydrogen (secondary N) is 1. The monoisotopic (exact) mass is 276 g/mol. The van der Waals surface area contributed by atoms with Crippen molar-refractivity contribution in [3.8, 4) is 0 Å². The first-order valence-corrected chi connectivity index (χ1v) is 6.11. The van der Waals surface area contributed by atoms with Crippen LogP contribution in [0.15, 0.2) is 22.7 Å². The van der Waals surface area contributed by atoms with Gasteiger partial charge in [0.1, 0.15) is 0 Å². The van der Waals surface area contributed by atoms with Gasteiger partial charge in [0.2, 0.25) is 5.89 Å². The Bertz CT molecular complexity index is 609. The maximum absolute atomic E-state index is 11.7. The first-order valence-electron chi connectivity index (χ1n) is 6.11. The lowest BCUT2D eigenvalue weighted by Gasteiger charge is -2.10. The number of nitrogens with zero attached hydrogens (tertiary/aromatic N) is 2. The van der Waals surface area contributed by atoms with Crippen molar-refractivity contribution < 1.29 is 14.1 Å². The van der Waals surface area contributed by atoms with Gasteiger partial charge in [0, 0.05) is 31.3 Å². The molecule has 0 fully saturated rings. The predicted molar refractivity (Wildman–Crippen MR) is 73.4 cm³/mol. The number of aromatic nitrogens is 2. The van der Waals surface area contributed by atoms with E-state index in [-0.39, 0.29) is 0 Å². The van der Waals surface area contributed by atoms with Crippen molar-refractivity contribution in [3.05, 3.63) is 35.5 Å². The Morgan fingerprint density at radius 1 is 1.50 bits per heavy atom. The zero-order valence-electron chi connectivity index (χ0n) is 11.3. The zero-order chi connectivity index (χ0) is 14.5. The number of hydrogen-bond donors (Lipinski definition) is 2. The number of ether oxygens (including phenoxy) is 1. The van der Waals surface area contributed by atoms with Gasteiger partial charge >= 0.3 is 5.97 Å². The van der Waals surface area contributed by atoms with E-state index in [0.717, 1.165) is 0 Å². The van der Waals surface area contributed by atoms with Crippen molar-refractivity contribution in [3.63, 3.8) is 0 Å². The summed E-state index contributed by atoms with van der Waals surface area (Å²) in [4.78, 5) is 15.8. The van der Waals surface area contributed by atoms with Gasteiger partial charge in [-0.2, -0.15) is 4.98 Å². The van der Waals surface area contributed by atoms with Crippen LogP contribution in [0.4, 0.5) is 11.4 Å². The Morgan fingerprint density at radius 3 is 2.95 bits per heavy atom. The third-order valence-corrected chi connectivity index (χ3v) is 2.68. The molecule has 0 aliphatic heterocycles. The predicted octanol–water partition coefficient (Wildman–Crippen LogP) is 1.40. The van der Waals surface area contributed by atoms with E-state index in [1.54, 1.807) is 25.1 Å². The fraction of sp³-hybridized carbons (Fsp3) is 0.308. The molecule has 0 spiro atoms. The van der Waals surface area contributed by atoms with E-state index < -0.39 is 5.97 Å². The van der Waals surface area contributed by atoms with E-state index in [4.69, 9.17) is 15.0 Å². The summed E-state index contributed by atoms with van der Waals surface area (Å²) in [6.07, 6.45) is 0.586. The number of aryl methyl sites for hydroxylation is 1. The SMILES string of the molecule is COC(=O)c1cc(N)ccc1NCCc1noc(C)n1. The van der Waals surface area contributed by atoms with Crippen LogP contribution in [-0.2, 0) is 11.2 Å². The van der Waals surface area contributed by atoms with Crippen LogP contribution in [0.2, 0.25) is 0 Å². The van der Waals surface area contributed by atoms with E-state index in [2.05, 4.69) is 15.5 Å². The minimum Gasteiger partial charge on any atom is -0.465 e. The van der Waals surface area contributed by atoms with E-state index in [1.165, 1.54) is 7.11 Å². The third-order valence-electron chi connectivity index (χ3n) is 2.68.